The highest BCUT2D eigenvalue weighted by Gasteiger charge is 2.26. The van der Waals surface area contributed by atoms with Gasteiger partial charge in [0.15, 0.2) is 2.14 Å². The van der Waals surface area contributed by atoms with E-state index in [9.17, 15) is 5.11 Å². The van der Waals surface area contributed by atoms with Crippen LogP contribution in [0.25, 0.3) is 0 Å². The van der Waals surface area contributed by atoms with Gasteiger partial charge in [-0.25, -0.2) is 0 Å². The molecule has 0 aliphatic heterocycles. The molecular weight excluding hydrogens is 456 g/mol. The minimum Gasteiger partial charge on any atom is -0.506 e. The lowest BCUT2D eigenvalue weighted by Gasteiger charge is -2.18. The Kier molecular flexibility index (Phi) is 4.73. The monoisotopic (exact) mass is 462 g/mol. The summed E-state index contributed by atoms with van der Waals surface area (Å²) in [4.78, 5) is 0. The second kappa shape index (κ2) is 5.07. The first-order valence-electron chi connectivity index (χ1n) is 4.33. The number of phenolic OH excluding ortho intramolecular Hbond substituents is 1. The number of hydrogen-bond donors (Lipinski definition) is 1. The highest BCUT2D eigenvalue weighted by Crippen LogP contribution is 2.50. The van der Waals surface area contributed by atoms with Crippen LogP contribution in [-0.4, -0.2) is 5.11 Å². The Labute approximate surface area is 123 Å². The second-order valence-corrected chi connectivity index (χ2v) is 11.1. The molecule has 1 N–H and O–H groups in total. The Hall–Kier alpha value is 0.940. The molecule has 0 unspecified atom stereocenters. The molecule has 15 heavy (non-hydrogen) atoms. The first-order chi connectivity index (χ1) is 6.75. The lowest BCUT2D eigenvalue weighted by Crippen LogP contribution is -2.01. The SMILES string of the molecule is CC(C)c1ccc(C(Br)(Br)Br)c(Br)c1O. The van der Waals surface area contributed by atoms with Crippen molar-refractivity contribution in [1.29, 1.82) is 0 Å². The van der Waals surface area contributed by atoms with Crippen molar-refractivity contribution in [2.24, 2.45) is 0 Å². The number of phenols is 1. The van der Waals surface area contributed by atoms with Crippen LogP contribution in [-0.2, 0) is 2.14 Å². The van der Waals surface area contributed by atoms with Gasteiger partial charge in [-0.1, -0.05) is 73.8 Å². The minimum absolute atomic E-state index is 0.297. The average Bonchev–Trinajstić information content (AvgIpc) is 2.06. The van der Waals surface area contributed by atoms with E-state index in [4.69, 9.17) is 0 Å². The van der Waals surface area contributed by atoms with Gasteiger partial charge < -0.3 is 5.11 Å². The van der Waals surface area contributed by atoms with E-state index in [1.165, 1.54) is 0 Å². The summed E-state index contributed by atoms with van der Waals surface area (Å²) in [7, 11) is 0. The van der Waals surface area contributed by atoms with Crippen LogP contribution in [0.1, 0.15) is 30.9 Å². The Balaban J connectivity index is 3.34. The predicted molar refractivity (Wildman–Crippen MR) is 78.4 cm³/mol. The van der Waals surface area contributed by atoms with Crippen LogP contribution in [0.5, 0.6) is 5.75 Å². The van der Waals surface area contributed by atoms with Crippen LogP contribution >= 0.6 is 63.7 Å². The zero-order valence-electron chi connectivity index (χ0n) is 8.19. The van der Waals surface area contributed by atoms with E-state index in [0.717, 1.165) is 11.1 Å². The third kappa shape index (κ3) is 3.20. The summed E-state index contributed by atoms with van der Waals surface area (Å²) in [6, 6.07) is 3.88. The molecule has 0 aliphatic rings. The molecule has 5 heteroatoms. The molecular formula is C10H10Br4O. The van der Waals surface area contributed by atoms with Crippen LogP contribution in [0.4, 0.5) is 0 Å². The van der Waals surface area contributed by atoms with Crippen molar-refractivity contribution in [3.05, 3.63) is 27.7 Å². The number of aromatic hydroxyl groups is 1. The smallest absolute Gasteiger partial charge is 0.161 e. The fourth-order valence-corrected chi connectivity index (χ4v) is 3.71. The third-order valence-corrected chi connectivity index (χ3v) is 4.16. The zero-order chi connectivity index (χ0) is 11.8. The molecule has 1 aromatic carbocycles. The van der Waals surface area contributed by atoms with E-state index >= 15 is 0 Å². The number of alkyl halides is 3. The van der Waals surface area contributed by atoms with Gasteiger partial charge in [-0.3, -0.25) is 0 Å². The topological polar surface area (TPSA) is 20.2 Å². The highest BCUT2D eigenvalue weighted by atomic mass is 80.0. The minimum atomic E-state index is -0.515. The Morgan fingerprint density at radius 3 is 2.13 bits per heavy atom. The fourth-order valence-electron chi connectivity index (χ4n) is 1.26. The molecule has 1 aromatic rings. The molecule has 0 aromatic heterocycles. The quantitative estimate of drug-likeness (QED) is 0.537. The first-order valence-corrected chi connectivity index (χ1v) is 7.51. The van der Waals surface area contributed by atoms with Crippen molar-refractivity contribution in [3.8, 4) is 5.75 Å². The number of rotatable bonds is 1. The van der Waals surface area contributed by atoms with Crippen molar-refractivity contribution in [1.82, 2.24) is 0 Å². The second-order valence-electron chi connectivity index (χ2n) is 3.52. The maximum absolute atomic E-state index is 10.0. The molecule has 0 atom stereocenters. The summed E-state index contributed by atoms with van der Waals surface area (Å²) >= 11 is 13.7. The van der Waals surface area contributed by atoms with Crippen molar-refractivity contribution in [2.75, 3.05) is 0 Å². The number of benzene rings is 1. The van der Waals surface area contributed by atoms with E-state index in [1.54, 1.807) is 0 Å². The van der Waals surface area contributed by atoms with Gasteiger partial charge in [-0.2, -0.15) is 0 Å². The third-order valence-electron chi connectivity index (χ3n) is 2.07. The average molecular weight is 466 g/mol. The molecule has 0 bridgehead atoms. The molecule has 1 nitrogen and oxygen atoms in total. The fraction of sp³-hybridized carbons (Fsp3) is 0.400. The molecule has 0 saturated carbocycles. The van der Waals surface area contributed by atoms with Crippen molar-refractivity contribution < 1.29 is 5.11 Å². The summed E-state index contributed by atoms with van der Waals surface area (Å²) in [6.07, 6.45) is 0. The number of halogens is 4. The predicted octanol–water partition coefficient (Wildman–Crippen LogP) is 5.57. The summed E-state index contributed by atoms with van der Waals surface area (Å²) in [5.74, 6) is 0.593. The summed E-state index contributed by atoms with van der Waals surface area (Å²) < 4.78 is 0.179. The Bertz CT molecular complexity index is 368. The van der Waals surface area contributed by atoms with Crippen molar-refractivity contribution in [2.45, 2.75) is 21.9 Å². The molecule has 0 amide bonds. The van der Waals surface area contributed by atoms with Crippen molar-refractivity contribution >= 4 is 63.7 Å². The lowest BCUT2D eigenvalue weighted by atomic mass is 10.0. The van der Waals surface area contributed by atoms with Gasteiger partial charge >= 0.3 is 0 Å². The summed E-state index contributed by atoms with van der Waals surface area (Å²) in [5, 5.41) is 10.0. The molecule has 0 saturated heterocycles. The standard InChI is InChI=1S/C10H10Br4O/c1-5(2)6-3-4-7(10(12,13)14)8(11)9(6)15/h3-5,15H,1-2H3. The Morgan fingerprint density at radius 2 is 1.73 bits per heavy atom. The van der Waals surface area contributed by atoms with E-state index in [2.05, 4.69) is 63.7 Å². The van der Waals surface area contributed by atoms with Crippen molar-refractivity contribution in [3.63, 3.8) is 0 Å². The van der Waals surface area contributed by atoms with Crippen LogP contribution in [0.2, 0.25) is 0 Å². The highest BCUT2D eigenvalue weighted by molar-refractivity contribution is 9.38. The van der Waals surface area contributed by atoms with Crippen LogP contribution in [0.3, 0.4) is 0 Å². The first kappa shape index (κ1) is 14.0. The summed E-state index contributed by atoms with van der Waals surface area (Å²) in [5.41, 5.74) is 1.83. The molecule has 0 fully saturated rings. The normalized spacial score (nSPS) is 12.2. The van der Waals surface area contributed by atoms with E-state index < -0.39 is 2.14 Å². The molecule has 0 radical (unpaired) electrons. The van der Waals surface area contributed by atoms with Gasteiger partial charge in [0.05, 0.1) is 4.47 Å². The van der Waals surface area contributed by atoms with E-state index in [1.807, 2.05) is 26.0 Å². The molecule has 0 spiro atoms. The summed E-state index contributed by atoms with van der Waals surface area (Å²) in [6.45, 7) is 4.09. The van der Waals surface area contributed by atoms with E-state index in [-0.39, 0.29) is 0 Å². The van der Waals surface area contributed by atoms with Crippen LogP contribution in [0.15, 0.2) is 16.6 Å². The number of hydrogen-bond acceptors (Lipinski definition) is 1. The molecule has 0 heterocycles. The van der Waals surface area contributed by atoms with Gasteiger partial charge in [0.25, 0.3) is 0 Å². The lowest BCUT2D eigenvalue weighted by molar-refractivity contribution is 0.460. The van der Waals surface area contributed by atoms with Gasteiger partial charge in [0.1, 0.15) is 5.75 Å². The van der Waals surface area contributed by atoms with Gasteiger partial charge in [-0.05, 0) is 27.4 Å². The molecule has 84 valence electrons. The molecule has 0 aliphatic carbocycles. The van der Waals surface area contributed by atoms with E-state index in [0.29, 0.717) is 16.1 Å². The van der Waals surface area contributed by atoms with Gasteiger partial charge in [0, 0.05) is 5.56 Å². The molecule has 1 rings (SSSR count). The van der Waals surface area contributed by atoms with Gasteiger partial charge in [-0.15, -0.1) is 0 Å². The maximum atomic E-state index is 10.0. The van der Waals surface area contributed by atoms with Gasteiger partial charge in [0.2, 0.25) is 0 Å². The largest absolute Gasteiger partial charge is 0.506 e. The van der Waals surface area contributed by atoms with Crippen LogP contribution in [0, 0.1) is 0 Å². The zero-order valence-corrected chi connectivity index (χ0v) is 14.5. The maximum Gasteiger partial charge on any atom is 0.161 e. The van der Waals surface area contributed by atoms with Crippen LogP contribution < -0.4 is 0 Å². The Morgan fingerprint density at radius 1 is 1.20 bits per heavy atom.